The molecule has 0 spiro atoms. The third-order valence-electron chi connectivity index (χ3n) is 1.57. The van der Waals surface area contributed by atoms with Crippen LogP contribution in [0.1, 0.15) is 18.2 Å². The molecule has 0 aliphatic heterocycles. The van der Waals surface area contributed by atoms with E-state index < -0.39 is 0 Å². The zero-order valence-corrected chi connectivity index (χ0v) is 6.89. The number of nitrogens with one attached hydrogen (secondary N) is 1. The summed E-state index contributed by atoms with van der Waals surface area (Å²) in [7, 11) is 0. The molecular formula is C9H12N2. The highest BCUT2D eigenvalue weighted by Gasteiger charge is 1.94. The van der Waals surface area contributed by atoms with E-state index in [2.05, 4.69) is 16.8 Å². The van der Waals surface area contributed by atoms with Crippen LogP contribution in [0.4, 0.5) is 0 Å². The molecule has 1 aromatic heterocycles. The third-order valence-corrected chi connectivity index (χ3v) is 1.57. The highest BCUT2D eigenvalue weighted by Crippen LogP contribution is 2.08. The largest absolute Gasteiger partial charge is 0.282 e. The van der Waals surface area contributed by atoms with Gasteiger partial charge in [-0.05, 0) is 19.9 Å². The molecule has 0 unspecified atom stereocenters. The van der Waals surface area contributed by atoms with Crippen LogP contribution in [0.25, 0.3) is 6.08 Å². The number of allylic oxidation sites excluding steroid dienone is 2. The van der Waals surface area contributed by atoms with Gasteiger partial charge in [0.1, 0.15) is 0 Å². The smallest absolute Gasteiger partial charge is 0.0562 e. The van der Waals surface area contributed by atoms with Crippen molar-refractivity contribution in [2.45, 2.75) is 13.8 Å². The summed E-state index contributed by atoms with van der Waals surface area (Å²) in [6, 6.07) is 0. The first-order valence-electron chi connectivity index (χ1n) is 3.54. The Balaban J connectivity index is 2.94. The van der Waals surface area contributed by atoms with Crippen LogP contribution < -0.4 is 0 Å². The van der Waals surface area contributed by atoms with Gasteiger partial charge in [0, 0.05) is 11.3 Å². The van der Waals surface area contributed by atoms with E-state index >= 15 is 0 Å². The molecule has 58 valence electrons. The second-order valence-corrected chi connectivity index (χ2v) is 2.54. The van der Waals surface area contributed by atoms with Gasteiger partial charge in [0.2, 0.25) is 0 Å². The number of rotatable bonds is 2. The van der Waals surface area contributed by atoms with Gasteiger partial charge in [-0.15, -0.1) is 0 Å². The molecule has 0 saturated carbocycles. The van der Waals surface area contributed by atoms with Crippen LogP contribution in [-0.4, -0.2) is 10.2 Å². The fourth-order valence-electron chi connectivity index (χ4n) is 0.810. The van der Waals surface area contributed by atoms with Gasteiger partial charge in [0.25, 0.3) is 0 Å². The van der Waals surface area contributed by atoms with E-state index in [0.717, 1.165) is 16.8 Å². The Kier molecular flexibility index (Phi) is 2.26. The van der Waals surface area contributed by atoms with Gasteiger partial charge < -0.3 is 0 Å². The fraction of sp³-hybridized carbons (Fsp3) is 0.222. The van der Waals surface area contributed by atoms with Crippen LogP contribution >= 0.6 is 0 Å². The van der Waals surface area contributed by atoms with Crippen molar-refractivity contribution in [3.63, 3.8) is 0 Å². The van der Waals surface area contributed by atoms with Crippen LogP contribution in [0.3, 0.4) is 0 Å². The van der Waals surface area contributed by atoms with Crippen molar-refractivity contribution in [3.05, 3.63) is 35.7 Å². The SMILES string of the molecule is C=C/C(C)=C\c1cn[nH]c1C. The minimum Gasteiger partial charge on any atom is -0.282 e. The zero-order valence-electron chi connectivity index (χ0n) is 6.89. The highest BCUT2D eigenvalue weighted by atomic mass is 15.1. The van der Waals surface area contributed by atoms with E-state index in [1.807, 2.05) is 32.2 Å². The number of hydrogen-bond donors (Lipinski definition) is 1. The Labute approximate surface area is 66.6 Å². The molecule has 2 heteroatoms. The predicted octanol–water partition coefficient (Wildman–Crippen LogP) is 2.31. The topological polar surface area (TPSA) is 28.7 Å². The van der Waals surface area contributed by atoms with Gasteiger partial charge in [-0.1, -0.05) is 18.2 Å². The summed E-state index contributed by atoms with van der Waals surface area (Å²) in [5.74, 6) is 0. The Bertz CT molecular complexity index is 282. The van der Waals surface area contributed by atoms with E-state index in [4.69, 9.17) is 0 Å². The van der Waals surface area contributed by atoms with Crippen LogP contribution in [0.15, 0.2) is 24.4 Å². The Morgan fingerprint density at radius 1 is 1.73 bits per heavy atom. The maximum atomic E-state index is 3.91. The lowest BCUT2D eigenvalue weighted by molar-refractivity contribution is 1.05. The normalized spacial score (nSPS) is 11.6. The molecule has 0 bridgehead atoms. The number of H-pyrrole nitrogens is 1. The minimum atomic E-state index is 1.09. The number of hydrogen-bond acceptors (Lipinski definition) is 1. The Hall–Kier alpha value is -1.31. The maximum absolute atomic E-state index is 3.91. The fourth-order valence-corrected chi connectivity index (χ4v) is 0.810. The second kappa shape index (κ2) is 3.19. The van der Waals surface area contributed by atoms with Crippen molar-refractivity contribution < 1.29 is 0 Å². The van der Waals surface area contributed by atoms with E-state index in [0.29, 0.717) is 0 Å². The summed E-state index contributed by atoms with van der Waals surface area (Å²) in [6.45, 7) is 7.68. The molecule has 2 nitrogen and oxygen atoms in total. The molecular weight excluding hydrogens is 136 g/mol. The third kappa shape index (κ3) is 1.80. The maximum Gasteiger partial charge on any atom is 0.0562 e. The summed E-state index contributed by atoms with van der Waals surface area (Å²) in [4.78, 5) is 0. The van der Waals surface area contributed by atoms with E-state index in [1.165, 1.54) is 0 Å². The standard InChI is InChI=1S/C9H12N2/c1-4-7(2)5-9-6-10-11-8(9)3/h4-6H,1H2,2-3H3,(H,10,11)/b7-5-. The molecule has 0 fully saturated rings. The van der Waals surface area contributed by atoms with Gasteiger partial charge in [-0.2, -0.15) is 5.10 Å². The number of aromatic nitrogens is 2. The van der Waals surface area contributed by atoms with Crippen LogP contribution in [-0.2, 0) is 0 Å². The molecule has 0 atom stereocenters. The summed E-state index contributed by atoms with van der Waals surface area (Å²) in [6.07, 6.45) is 5.68. The molecule has 1 aromatic rings. The van der Waals surface area contributed by atoms with Crippen LogP contribution in [0, 0.1) is 6.92 Å². The zero-order chi connectivity index (χ0) is 8.27. The monoisotopic (exact) mass is 148 g/mol. The van der Waals surface area contributed by atoms with Crippen LogP contribution in [0.5, 0.6) is 0 Å². The second-order valence-electron chi connectivity index (χ2n) is 2.54. The molecule has 0 aliphatic carbocycles. The molecule has 11 heavy (non-hydrogen) atoms. The van der Waals surface area contributed by atoms with Crippen molar-refractivity contribution in [2.75, 3.05) is 0 Å². The molecule has 0 saturated heterocycles. The van der Waals surface area contributed by atoms with Crippen molar-refractivity contribution in [1.29, 1.82) is 0 Å². The first-order valence-corrected chi connectivity index (χ1v) is 3.54. The van der Waals surface area contributed by atoms with Gasteiger partial charge in [0.05, 0.1) is 6.20 Å². The molecule has 0 aromatic carbocycles. The van der Waals surface area contributed by atoms with Crippen molar-refractivity contribution in [1.82, 2.24) is 10.2 Å². The average Bonchev–Trinajstić information content (AvgIpc) is 2.37. The van der Waals surface area contributed by atoms with E-state index in [9.17, 15) is 0 Å². The van der Waals surface area contributed by atoms with Crippen molar-refractivity contribution in [2.24, 2.45) is 0 Å². The molecule has 0 aliphatic rings. The summed E-state index contributed by atoms with van der Waals surface area (Å²) >= 11 is 0. The van der Waals surface area contributed by atoms with Gasteiger partial charge in [0.15, 0.2) is 0 Å². The Morgan fingerprint density at radius 2 is 2.45 bits per heavy atom. The van der Waals surface area contributed by atoms with Crippen LogP contribution in [0.2, 0.25) is 0 Å². The molecule has 1 N–H and O–H groups in total. The first-order chi connectivity index (χ1) is 5.24. The van der Waals surface area contributed by atoms with Gasteiger partial charge in [-0.3, -0.25) is 5.10 Å². The Morgan fingerprint density at radius 3 is 2.91 bits per heavy atom. The van der Waals surface area contributed by atoms with Crippen molar-refractivity contribution >= 4 is 6.08 Å². The quantitative estimate of drug-likeness (QED) is 0.640. The summed E-state index contributed by atoms with van der Waals surface area (Å²) in [5, 5.41) is 6.77. The summed E-state index contributed by atoms with van der Waals surface area (Å²) < 4.78 is 0. The highest BCUT2D eigenvalue weighted by molar-refractivity contribution is 5.55. The predicted molar refractivity (Wildman–Crippen MR) is 47.2 cm³/mol. The van der Waals surface area contributed by atoms with E-state index in [1.54, 1.807) is 0 Å². The minimum absolute atomic E-state index is 1.09. The molecule has 0 amide bonds. The molecule has 1 rings (SSSR count). The lowest BCUT2D eigenvalue weighted by atomic mass is 10.2. The van der Waals surface area contributed by atoms with Crippen molar-refractivity contribution in [3.8, 4) is 0 Å². The number of aromatic amines is 1. The number of aryl methyl sites for hydroxylation is 1. The number of nitrogens with zero attached hydrogens (tertiary/aromatic N) is 1. The lowest BCUT2D eigenvalue weighted by Gasteiger charge is -1.90. The molecule has 0 radical (unpaired) electrons. The van der Waals surface area contributed by atoms with Gasteiger partial charge >= 0.3 is 0 Å². The lowest BCUT2D eigenvalue weighted by Crippen LogP contribution is -1.74. The van der Waals surface area contributed by atoms with E-state index in [-0.39, 0.29) is 0 Å². The summed E-state index contributed by atoms with van der Waals surface area (Å²) in [5.41, 5.74) is 3.36. The first kappa shape index (κ1) is 7.79. The molecule has 1 heterocycles. The average molecular weight is 148 g/mol. The van der Waals surface area contributed by atoms with Gasteiger partial charge in [-0.25, -0.2) is 0 Å².